The van der Waals surface area contributed by atoms with E-state index in [1.807, 2.05) is 55.5 Å². The SMILES string of the molecule is C[C@@H](CNC(=O)COc1ccc(C(C)(C)C)cc1)NC(=O)COc1ccc(C(C)(C)C)cc1. The molecule has 6 nitrogen and oxygen atoms in total. The summed E-state index contributed by atoms with van der Waals surface area (Å²) < 4.78 is 11.1. The molecule has 6 heteroatoms. The third-order valence-corrected chi connectivity index (χ3v) is 5.19. The first-order valence-corrected chi connectivity index (χ1v) is 11.4. The highest BCUT2D eigenvalue weighted by Gasteiger charge is 2.15. The second-order valence-electron chi connectivity index (χ2n) is 10.4. The highest BCUT2D eigenvalue weighted by atomic mass is 16.5. The first-order valence-electron chi connectivity index (χ1n) is 11.4. The number of carbonyl (C=O) groups is 2. The van der Waals surface area contributed by atoms with Gasteiger partial charge in [-0.05, 0) is 53.1 Å². The Bertz CT molecular complexity index is 907. The molecule has 0 bridgehead atoms. The van der Waals surface area contributed by atoms with Crippen molar-refractivity contribution in [3.05, 3.63) is 59.7 Å². The zero-order valence-corrected chi connectivity index (χ0v) is 21.0. The second-order valence-corrected chi connectivity index (χ2v) is 10.4. The largest absolute Gasteiger partial charge is 0.484 e. The van der Waals surface area contributed by atoms with Crippen LogP contribution in [-0.2, 0) is 20.4 Å². The number of ether oxygens (including phenoxy) is 2. The Balaban J connectivity index is 1.66. The van der Waals surface area contributed by atoms with E-state index in [-0.39, 0.29) is 41.9 Å². The lowest BCUT2D eigenvalue weighted by molar-refractivity contribution is -0.125. The predicted octanol–water partition coefficient (Wildman–Crippen LogP) is 4.36. The maximum Gasteiger partial charge on any atom is 0.258 e. The van der Waals surface area contributed by atoms with Crippen LogP contribution in [0.4, 0.5) is 0 Å². The molecule has 0 saturated heterocycles. The lowest BCUT2D eigenvalue weighted by Crippen LogP contribution is -2.44. The van der Waals surface area contributed by atoms with Gasteiger partial charge in [-0.15, -0.1) is 0 Å². The minimum Gasteiger partial charge on any atom is -0.484 e. The molecule has 0 spiro atoms. The summed E-state index contributed by atoms with van der Waals surface area (Å²) in [6.45, 7) is 14.8. The van der Waals surface area contributed by atoms with Gasteiger partial charge < -0.3 is 20.1 Å². The van der Waals surface area contributed by atoms with Crippen molar-refractivity contribution in [2.45, 2.75) is 65.3 Å². The number of carbonyl (C=O) groups excluding carboxylic acids is 2. The minimum absolute atomic E-state index is 0.0672. The fourth-order valence-corrected chi connectivity index (χ4v) is 3.09. The van der Waals surface area contributed by atoms with Crippen LogP contribution in [0.3, 0.4) is 0 Å². The molecule has 0 unspecified atom stereocenters. The van der Waals surface area contributed by atoms with Gasteiger partial charge in [0.1, 0.15) is 11.5 Å². The van der Waals surface area contributed by atoms with Crippen molar-refractivity contribution in [2.24, 2.45) is 0 Å². The molecule has 2 aromatic rings. The molecule has 2 rings (SSSR count). The lowest BCUT2D eigenvalue weighted by atomic mass is 9.87. The van der Waals surface area contributed by atoms with Gasteiger partial charge in [0.15, 0.2) is 13.2 Å². The monoisotopic (exact) mass is 454 g/mol. The molecular formula is C27H38N2O4. The van der Waals surface area contributed by atoms with E-state index in [1.54, 1.807) is 0 Å². The summed E-state index contributed by atoms with van der Waals surface area (Å²) in [7, 11) is 0. The Morgan fingerprint density at radius 3 is 1.52 bits per heavy atom. The Hall–Kier alpha value is -3.02. The van der Waals surface area contributed by atoms with Gasteiger partial charge in [0, 0.05) is 12.6 Å². The lowest BCUT2D eigenvalue weighted by Gasteiger charge is -2.19. The van der Waals surface area contributed by atoms with Crippen LogP contribution in [0.15, 0.2) is 48.5 Å². The second kappa shape index (κ2) is 11.2. The number of amides is 2. The highest BCUT2D eigenvalue weighted by Crippen LogP contribution is 2.25. The molecule has 2 N–H and O–H groups in total. The van der Waals surface area contributed by atoms with Crippen molar-refractivity contribution >= 4 is 11.8 Å². The Morgan fingerprint density at radius 2 is 1.12 bits per heavy atom. The van der Waals surface area contributed by atoms with Gasteiger partial charge in [-0.3, -0.25) is 9.59 Å². The van der Waals surface area contributed by atoms with Crippen molar-refractivity contribution in [1.29, 1.82) is 0 Å². The van der Waals surface area contributed by atoms with E-state index in [4.69, 9.17) is 9.47 Å². The molecule has 33 heavy (non-hydrogen) atoms. The van der Waals surface area contributed by atoms with Crippen molar-refractivity contribution < 1.29 is 19.1 Å². The van der Waals surface area contributed by atoms with Crippen LogP contribution in [-0.4, -0.2) is 37.6 Å². The quantitative estimate of drug-likeness (QED) is 0.590. The normalized spacial score (nSPS) is 12.6. The summed E-state index contributed by atoms with van der Waals surface area (Å²) in [6, 6.07) is 15.3. The van der Waals surface area contributed by atoms with Crippen molar-refractivity contribution in [1.82, 2.24) is 10.6 Å². The van der Waals surface area contributed by atoms with Gasteiger partial charge in [0.05, 0.1) is 0 Å². The van der Waals surface area contributed by atoms with E-state index in [0.29, 0.717) is 18.0 Å². The van der Waals surface area contributed by atoms with Crippen molar-refractivity contribution in [3.8, 4) is 11.5 Å². The molecule has 0 aliphatic heterocycles. The van der Waals surface area contributed by atoms with E-state index in [0.717, 1.165) is 0 Å². The molecule has 0 fully saturated rings. The summed E-state index contributed by atoms with van der Waals surface area (Å²) in [6.07, 6.45) is 0. The maximum absolute atomic E-state index is 12.1. The molecule has 0 aliphatic carbocycles. The topological polar surface area (TPSA) is 76.7 Å². The van der Waals surface area contributed by atoms with Crippen LogP contribution in [0.2, 0.25) is 0 Å². The van der Waals surface area contributed by atoms with Gasteiger partial charge in [-0.1, -0.05) is 65.8 Å². The Morgan fingerprint density at radius 1 is 0.727 bits per heavy atom. The third-order valence-electron chi connectivity index (χ3n) is 5.19. The van der Waals surface area contributed by atoms with Crippen LogP contribution in [0, 0.1) is 0 Å². The first-order chi connectivity index (χ1) is 15.3. The molecule has 0 saturated carbocycles. The summed E-state index contributed by atoms with van der Waals surface area (Å²) >= 11 is 0. The number of hydrogen-bond donors (Lipinski definition) is 2. The van der Waals surface area contributed by atoms with E-state index in [2.05, 4.69) is 52.2 Å². The molecule has 0 aliphatic rings. The van der Waals surface area contributed by atoms with Crippen molar-refractivity contribution in [3.63, 3.8) is 0 Å². The first kappa shape index (κ1) is 26.2. The molecule has 0 heterocycles. The number of benzene rings is 2. The Kier molecular flexibility index (Phi) is 8.91. The number of rotatable bonds is 9. The average Bonchev–Trinajstić information content (AvgIpc) is 2.74. The molecule has 2 amide bonds. The molecule has 1 atom stereocenters. The molecular weight excluding hydrogens is 416 g/mol. The third kappa shape index (κ3) is 9.16. The summed E-state index contributed by atoms with van der Waals surface area (Å²) in [4.78, 5) is 24.2. The minimum atomic E-state index is -0.244. The standard InChI is InChI=1S/C27H38N2O4/c1-19(29-25(31)18-33-23-14-10-21(11-15-23)27(5,6)7)16-28-24(30)17-32-22-12-8-20(9-13-22)26(2,3)4/h8-15,19H,16-18H2,1-7H3,(H,28,30)(H,29,31)/t19-/m0/s1. The Labute approximate surface area is 198 Å². The fraction of sp³-hybridized carbons (Fsp3) is 0.481. The molecule has 2 aromatic carbocycles. The fourth-order valence-electron chi connectivity index (χ4n) is 3.09. The summed E-state index contributed by atoms with van der Waals surface area (Å²) in [5.41, 5.74) is 2.54. The van der Waals surface area contributed by atoms with E-state index >= 15 is 0 Å². The van der Waals surface area contributed by atoms with Crippen LogP contribution < -0.4 is 20.1 Å². The zero-order valence-electron chi connectivity index (χ0n) is 21.0. The number of nitrogens with one attached hydrogen (secondary N) is 2. The van der Waals surface area contributed by atoms with Gasteiger partial charge in [-0.2, -0.15) is 0 Å². The van der Waals surface area contributed by atoms with Crippen LogP contribution in [0.25, 0.3) is 0 Å². The molecule has 0 aromatic heterocycles. The summed E-state index contributed by atoms with van der Waals surface area (Å²) in [5, 5.41) is 5.58. The van der Waals surface area contributed by atoms with E-state index < -0.39 is 0 Å². The van der Waals surface area contributed by atoms with E-state index in [1.165, 1.54) is 11.1 Å². The highest BCUT2D eigenvalue weighted by molar-refractivity contribution is 5.79. The van der Waals surface area contributed by atoms with Gasteiger partial charge in [0.2, 0.25) is 0 Å². The van der Waals surface area contributed by atoms with Crippen LogP contribution >= 0.6 is 0 Å². The smallest absolute Gasteiger partial charge is 0.258 e. The maximum atomic E-state index is 12.1. The molecule has 0 radical (unpaired) electrons. The van der Waals surface area contributed by atoms with Gasteiger partial charge >= 0.3 is 0 Å². The van der Waals surface area contributed by atoms with Gasteiger partial charge in [-0.25, -0.2) is 0 Å². The van der Waals surface area contributed by atoms with Crippen molar-refractivity contribution in [2.75, 3.05) is 19.8 Å². The molecule has 180 valence electrons. The van der Waals surface area contributed by atoms with Crippen LogP contribution in [0.5, 0.6) is 11.5 Å². The average molecular weight is 455 g/mol. The van der Waals surface area contributed by atoms with E-state index in [9.17, 15) is 9.59 Å². The summed E-state index contributed by atoms with van der Waals surface area (Å²) in [5.74, 6) is 0.803. The number of hydrogen-bond acceptors (Lipinski definition) is 4. The predicted molar refractivity (Wildman–Crippen MR) is 132 cm³/mol. The van der Waals surface area contributed by atoms with Crippen LogP contribution in [0.1, 0.15) is 59.6 Å². The zero-order chi connectivity index (χ0) is 24.6. The van der Waals surface area contributed by atoms with Gasteiger partial charge in [0.25, 0.3) is 11.8 Å².